The topological polar surface area (TPSA) is 62.2 Å². The molecule has 0 saturated carbocycles. The molecule has 4 nitrogen and oxygen atoms in total. The largest absolute Gasteiger partial charge is 0.384 e. The summed E-state index contributed by atoms with van der Waals surface area (Å²) in [6, 6.07) is 1.76. The maximum absolute atomic E-state index is 12.1. The third-order valence-electron chi connectivity index (χ3n) is 2.42. The molecule has 6 heteroatoms. The van der Waals surface area contributed by atoms with Gasteiger partial charge in [0, 0.05) is 10.4 Å². The first kappa shape index (κ1) is 13.7. The van der Waals surface area contributed by atoms with Crippen LogP contribution in [0.1, 0.15) is 25.8 Å². The van der Waals surface area contributed by atoms with Crippen LogP contribution < -0.4 is 5.32 Å². The van der Waals surface area contributed by atoms with Crippen molar-refractivity contribution in [1.82, 2.24) is 4.98 Å². The molecule has 1 amide bonds. The summed E-state index contributed by atoms with van der Waals surface area (Å²) in [5, 5.41) is 13.8. The van der Waals surface area contributed by atoms with E-state index >= 15 is 0 Å². The highest BCUT2D eigenvalue weighted by molar-refractivity contribution is 7.16. The number of hydrogen-bond donors (Lipinski definition) is 2. The molecule has 0 aromatic carbocycles. The minimum absolute atomic E-state index is 0.217. The van der Waals surface area contributed by atoms with Gasteiger partial charge in [-0.1, -0.05) is 11.8 Å². The lowest BCUT2D eigenvalue weighted by molar-refractivity contribution is 0.103. The number of aryl methyl sites for hydroxylation is 2. The normalized spacial score (nSPS) is 9.84. The van der Waals surface area contributed by atoms with Gasteiger partial charge in [-0.15, -0.1) is 22.7 Å². The third kappa shape index (κ3) is 3.20. The second-order valence-electron chi connectivity index (χ2n) is 3.74. The summed E-state index contributed by atoms with van der Waals surface area (Å²) in [6.45, 7) is 3.65. The number of aliphatic hydroxyl groups is 1. The second kappa shape index (κ2) is 5.97. The summed E-state index contributed by atoms with van der Waals surface area (Å²) >= 11 is 2.77. The molecule has 0 fully saturated rings. The van der Waals surface area contributed by atoms with Gasteiger partial charge in [-0.25, -0.2) is 4.98 Å². The zero-order valence-corrected chi connectivity index (χ0v) is 12.1. The standard InChI is InChI=1S/C13H12N2O2S2/c1-8-9(2)19-13(14-8)15-12(17)11-10(4-3-6-16)5-7-18-11/h5,7,16H,6H2,1-2H3,(H,14,15,17). The number of thiophene rings is 1. The number of thiazole rings is 1. The molecular weight excluding hydrogens is 280 g/mol. The Kier molecular flexibility index (Phi) is 4.32. The van der Waals surface area contributed by atoms with Gasteiger partial charge in [0.05, 0.1) is 5.69 Å². The average molecular weight is 292 g/mol. The van der Waals surface area contributed by atoms with Crippen molar-refractivity contribution in [3.05, 3.63) is 32.5 Å². The summed E-state index contributed by atoms with van der Waals surface area (Å²) < 4.78 is 0. The molecule has 0 bridgehead atoms. The Morgan fingerprint density at radius 2 is 2.32 bits per heavy atom. The molecule has 0 unspecified atom stereocenters. The lowest BCUT2D eigenvalue weighted by Gasteiger charge is -1.99. The highest BCUT2D eigenvalue weighted by Crippen LogP contribution is 2.23. The minimum atomic E-state index is -0.220. The summed E-state index contributed by atoms with van der Waals surface area (Å²) in [4.78, 5) is 18.0. The summed E-state index contributed by atoms with van der Waals surface area (Å²) in [7, 11) is 0. The Hall–Kier alpha value is -1.68. The van der Waals surface area contributed by atoms with Crippen LogP contribution >= 0.6 is 22.7 Å². The highest BCUT2D eigenvalue weighted by atomic mass is 32.1. The van der Waals surface area contributed by atoms with Crippen molar-refractivity contribution < 1.29 is 9.90 Å². The average Bonchev–Trinajstić information content (AvgIpc) is 2.94. The molecule has 98 valence electrons. The number of rotatable bonds is 2. The summed E-state index contributed by atoms with van der Waals surface area (Å²) in [5.74, 6) is 5.08. The van der Waals surface area contributed by atoms with Crippen molar-refractivity contribution in [2.24, 2.45) is 0 Å². The quantitative estimate of drug-likeness (QED) is 0.836. The van der Waals surface area contributed by atoms with E-state index in [1.165, 1.54) is 22.7 Å². The zero-order valence-electron chi connectivity index (χ0n) is 10.5. The van der Waals surface area contributed by atoms with Crippen LogP contribution in [0.15, 0.2) is 11.4 Å². The van der Waals surface area contributed by atoms with E-state index in [1.807, 2.05) is 13.8 Å². The number of anilines is 1. The number of amides is 1. The molecule has 0 aliphatic carbocycles. The highest BCUT2D eigenvalue weighted by Gasteiger charge is 2.14. The van der Waals surface area contributed by atoms with Gasteiger partial charge in [0.2, 0.25) is 0 Å². The van der Waals surface area contributed by atoms with Crippen LogP contribution in [0.25, 0.3) is 0 Å². The first-order valence-corrected chi connectivity index (χ1v) is 7.24. The Labute approximate surface area is 119 Å². The molecule has 0 radical (unpaired) electrons. The number of hydrogen-bond acceptors (Lipinski definition) is 5. The molecule has 0 atom stereocenters. The van der Waals surface area contributed by atoms with Crippen LogP contribution in [0.3, 0.4) is 0 Å². The Morgan fingerprint density at radius 3 is 2.95 bits per heavy atom. The van der Waals surface area contributed by atoms with E-state index in [9.17, 15) is 4.79 Å². The van der Waals surface area contributed by atoms with Crippen molar-refractivity contribution in [2.45, 2.75) is 13.8 Å². The smallest absolute Gasteiger partial charge is 0.268 e. The molecule has 0 aliphatic heterocycles. The lowest BCUT2D eigenvalue weighted by Crippen LogP contribution is -2.11. The van der Waals surface area contributed by atoms with E-state index in [1.54, 1.807) is 11.4 Å². The van der Waals surface area contributed by atoms with Gasteiger partial charge in [-0.3, -0.25) is 10.1 Å². The Bertz CT molecular complexity index is 642. The first-order valence-electron chi connectivity index (χ1n) is 5.54. The molecule has 2 heterocycles. The number of aliphatic hydroxyl groups excluding tert-OH is 1. The monoisotopic (exact) mass is 292 g/mol. The van der Waals surface area contributed by atoms with Gasteiger partial charge >= 0.3 is 0 Å². The summed E-state index contributed by atoms with van der Waals surface area (Å²) in [5.41, 5.74) is 1.55. The van der Waals surface area contributed by atoms with Gasteiger partial charge in [0.15, 0.2) is 5.13 Å². The molecule has 0 saturated heterocycles. The van der Waals surface area contributed by atoms with Crippen LogP contribution in [-0.4, -0.2) is 22.6 Å². The fraction of sp³-hybridized carbons (Fsp3) is 0.231. The van der Waals surface area contributed by atoms with Crippen molar-refractivity contribution in [2.75, 3.05) is 11.9 Å². The number of carbonyl (C=O) groups is 1. The second-order valence-corrected chi connectivity index (χ2v) is 5.86. The predicted molar refractivity (Wildman–Crippen MR) is 77.8 cm³/mol. The van der Waals surface area contributed by atoms with Gasteiger partial charge in [0.25, 0.3) is 5.91 Å². The van der Waals surface area contributed by atoms with Crippen molar-refractivity contribution in [3.63, 3.8) is 0 Å². The predicted octanol–water partition coefficient (Wildman–Crippen LogP) is 2.42. The molecule has 0 spiro atoms. The maximum atomic E-state index is 12.1. The molecule has 2 aromatic heterocycles. The minimum Gasteiger partial charge on any atom is -0.384 e. The molecule has 2 N–H and O–H groups in total. The van der Waals surface area contributed by atoms with Crippen molar-refractivity contribution in [1.29, 1.82) is 0 Å². The van der Waals surface area contributed by atoms with E-state index in [0.29, 0.717) is 15.6 Å². The number of aromatic nitrogens is 1. The fourth-order valence-corrected chi connectivity index (χ4v) is 2.95. The van der Waals surface area contributed by atoms with Crippen LogP contribution in [0, 0.1) is 25.7 Å². The lowest BCUT2D eigenvalue weighted by atomic mass is 10.2. The number of carbonyl (C=O) groups excluding carboxylic acids is 1. The molecule has 19 heavy (non-hydrogen) atoms. The van der Waals surface area contributed by atoms with Gasteiger partial charge in [-0.2, -0.15) is 0 Å². The Morgan fingerprint density at radius 1 is 1.53 bits per heavy atom. The third-order valence-corrected chi connectivity index (χ3v) is 4.32. The first-order chi connectivity index (χ1) is 9.11. The van der Waals surface area contributed by atoms with E-state index in [2.05, 4.69) is 22.1 Å². The molecule has 2 rings (SSSR count). The fourth-order valence-electron chi connectivity index (χ4n) is 1.40. The van der Waals surface area contributed by atoms with E-state index in [4.69, 9.17) is 5.11 Å². The zero-order chi connectivity index (χ0) is 13.8. The Balaban J connectivity index is 2.18. The van der Waals surface area contributed by atoms with Gasteiger partial charge < -0.3 is 5.11 Å². The number of nitrogens with zero attached hydrogens (tertiary/aromatic N) is 1. The van der Waals surface area contributed by atoms with E-state index in [-0.39, 0.29) is 12.5 Å². The van der Waals surface area contributed by atoms with E-state index < -0.39 is 0 Å². The summed E-state index contributed by atoms with van der Waals surface area (Å²) in [6.07, 6.45) is 0. The van der Waals surface area contributed by atoms with Gasteiger partial charge in [-0.05, 0) is 25.3 Å². The van der Waals surface area contributed by atoms with Crippen molar-refractivity contribution in [3.8, 4) is 11.8 Å². The molecule has 0 aliphatic rings. The van der Waals surface area contributed by atoms with Crippen LogP contribution in [0.4, 0.5) is 5.13 Å². The number of nitrogens with one attached hydrogen (secondary N) is 1. The van der Waals surface area contributed by atoms with Crippen LogP contribution in [-0.2, 0) is 0 Å². The van der Waals surface area contributed by atoms with Gasteiger partial charge in [0.1, 0.15) is 11.5 Å². The van der Waals surface area contributed by atoms with Crippen LogP contribution in [0.5, 0.6) is 0 Å². The van der Waals surface area contributed by atoms with Crippen molar-refractivity contribution >= 4 is 33.7 Å². The van der Waals surface area contributed by atoms with Crippen LogP contribution in [0.2, 0.25) is 0 Å². The molecular formula is C13H12N2O2S2. The SMILES string of the molecule is Cc1nc(NC(=O)c2sccc2C#CCO)sc1C. The van der Waals surface area contributed by atoms with E-state index in [0.717, 1.165) is 10.6 Å². The maximum Gasteiger partial charge on any atom is 0.268 e. The molecule has 2 aromatic rings.